The van der Waals surface area contributed by atoms with Crippen molar-refractivity contribution in [3.8, 4) is 0 Å². The van der Waals surface area contributed by atoms with E-state index in [4.69, 9.17) is 0 Å². The average molecular weight is 250 g/mol. The van der Waals surface area contributed by atoms with Crippen molar-refractivity contribution in [2.45, 2.75) is 25.4 Å². The van der Waals surface area contributed by atoms with Gasteiger partial charge in [-0.25, -0.2) is 0 Å². The Morgan fingerprint density at radius 1 is 1.28 bits per heavy atom. The quantitative estimate of drug-likeness (QED) is 0.845. The molecular formula is C14H26N4. The predicted octanol–water partition coefficient (Wildman–Crippen LogP) is 1.30. The highest BCUT2D eigenvalue weighted by molar-refractivity contribution is 5.19. The van der Waals surface area contributed by atoms with Crippen LogP contribution in [0.2, 0.25) is 0 Å². The first-order valence-electron chi connectivity index (χ1n) is 6.78. The molecule has 2 rings (SSSR count). The van der Waals surface area contributed by atoms with E-state index in [0.29, 0.717) is 6.04 Å². The highest BCUT2D eigenvalue weighted by Crippen LogP contribution is 2.34. The van der Waals surface area contributed by atoms with Gasteiger partial charge in [0.2, 0.25) is 0 Å². The molecule has 4 heteroatoms. The number of aromatic amines is 1. The van der Waals surface area contributed by atoms with Crippen LogP contribution in [-0.2, 0) is 0 Å². The lowest BCUT2D eigenvalue weighted by molar-refractivity contribution is 0.0291. The predicted molar refractivity (Wildman–Crippen MR) is 75.7 cm³/mol. The Labute approximate surface area is 110 Å². The largest absolute Gasteiger partial charge is 0.367 e. The van der Waals surface area contributed by atoms with Crippen molar-refractivity contribution in [1.82, 2.24) is 20.1 Å². The van der Waals surface area contributed by atoms with Gasteiger partial charge in [0.15, 0.2) is 0 Å². The van der Waals surface area contributed by atoms with Gasteiger partial charge in [0, 0.05) is 44.1 Å². The van der Waals surface area contributed by atoms with Crippen molar-refractivity contribution in [2.24, 2.45) is 0 Å². The molecule has 0 aliphatic carbocycles. The van der Waals surface area contributed by atoms with Crippen molar-refractivity contribution < 1.29 is 0 Å². The van der Waals surface area contributed by atoms with Gasteiger partial charge in [-0.2, -0.15) is 0 Å². The minimum Gasteiger partial charge on any atom is -0.367 e. The first kappa shape index (κ1) is 13.6. The third-order valence-electron chi connectivity index (χ3n) is 4.06. The topological polar surface area (TPSA) is 34.3 Å². The Kier molecular flexibility index (Phi) is 4.10. The fourth-order valence-electron chi connectivity index (χ4n) is 3.26. The van der Waals surface area contributed by atoms with E-state index in [1.807, 2.05) is 6.20 Å². The van der Waals surface area contributed by atoms with Crippen LogP contribution in [0, 0.1) is 0 Å². The zero-order valence-corrected chi connectivity index (χ0v) is 12.0. The van der Waals surface area contributed by atoms with E-state index in [1.165, 1.54) is 5.56 Å². The molecule has 1 fully saturated rings. The summed E-state index contributed by atoms with van der Waals surface area (Å²) in [6, 6.07) is 2.59. The first-order chi connectivity index (χ1) is 8.53. The van der Waals surface area contributed by atoms with Crippen LogP contribution in [-0.4, -0.2) is 60.6 Å². The molecule has 1 aliphatic heterocycles. The molecule has 1 aliphatic rings. The van der Waals surface area contributed by atoms with Crippen LogP contribution >= 0.6 is 0 Å². The molecule has 4 nitrogen and oxygen atoms in total. The van der Waals surface area contributed by atoms with Crippen molar-refractivity contribution >= 4 is 0 Å². The molecule has 1 aromatic heterocycles. The second-order valence-corrected chi connectivity index (χ2v) is 5.90. The van der Waals surface area contributed by atoms with Gasteiger partial charge in [-0.15, -0.1) is 0 Å². The molecule has 2 N–H and O–H groups in total. The summed E-state index contributed by atoms with van der Waals surface area (Å²) in [7, 11) is 4.34. The van der Waals surface area contributed by atoms with Gasteiger partial charge in [-0.1, -0.05) is 0 Å². The van der Waals surface area contributed by atoms with Crippen molar-refractivity contribution in [3.63, 3.8) is 0 Å². The number of piperazine rings is 1. The van der Waals surface area contributed by atoms with E-state index in [2.05, 4.69) is 60.3 Å². The summed E-state index contributed by atoms with van der Waals surface area (Å²) in [6.07, 6.45) is 4.13. The van der Waals surface area contributed by atoms with Gasteiger partial charge in [0.05, 0.1) is 6.04 Å². The molecule has 0 bridgehead atoms. The lowest BCUT2D eigenvalue weighted by Crippen LogP contribution is -2.58. The number of nitrogens with zero attached hydrogens (tertiary/aromatic N) is 2. The van der Waals surface area contributed by atoms with Gasteiger partial charge in [-0.05, 0) is 39.6 Å². The summed E-state index contributed by atoms with van der Waals surface area (Å²) >= 11 is 0. The number of likely N-dealkylation sites (N-methyl/N-ethyl adjacent to an activating group) is 1. The van der Waals surface area contributed by atoms with E-state index >= 15 is 0 Å². The highest BCUT2D eigenvalue weighted by Gasteiger charge is 2.38. The smallest absolute Gasteiger partial charge is 0.0536 e. The van der Waals surface area contributed by atoms with Crippen LogP contribution < -0.4 is 5.32 Å². The second-order valence-electron chi connectivity index (χ2n) is 5.90. The number of H-pyrrole nitrogens is 1. The van der Waals surface area contributed by atoms with Gasteiger partial charge >= 0.3 is 0 Å². The fourth-order valence-corrected chi connectivity index (χ4v) is 3.26. The summed E-state index contributed by atoms with van der Waals surface area (Å²) in [4.78, 5) is 8.11. The van der Waals surface area contributed by atoms with Crippen LogP contribution in [0.25, 0.3) is 0 Å². The van der Waals surface area contributed by atoms with Crippen molar-refractivity contribution in [1.29, 1.82) is 0 Å². The van der Waals surface area contributed by atoms with Crippen LogP contribution in [0.5, 0.6) is 0 Å². The molecule has 1 saturated heterocycles. The Bertz CT molecular complexity index is 350. The minimum atomic E-state index is 0.133. The Morgan fingerprint density at radius 3 is 2.44 bits per heavy atom. The molecule has 1 aromatic rings. The molecule has 0 radical (unpaired) electrons. The van der Waals surface area contributed by atoms with Crippen LogP contribution in [0.1, 0.15) is 25.5 Å². The molecule has 0 spiro atoms. The van der Waals surface area contributed by atoms with E-state index < -0.39 is 0 Å². The van der Waals surface area contributed by atoms with E-state index in [-0.39, 0.29) is 5.54 Å². The van der Waals surface area contributed by atoms with Gasteiger partial charge in [-0.3, -0.25) is 4.90 Å². The summed E-state index contributed by atoms with van der Waals surface area (Å²) in [5.41, 5.74) is 1.50. The van der Waals surface area contributed by atoms with Crippen LogP contribution in [0.15, 0.2) is 18.5 Å². The fraction of sp³-hybridized carbons (Fsp3) is 0.714. The maximum Gasteiger partial charge on any atom is 0.0536 e. The molecule has 0 amide bonds. The maximum absolute atomic E-state index is 3.43. The third-order valence-corrected chi connectivity index (χ3v) is 4.06. The van der Waals surface area contributed by atoms with Crippen molar-refractivity contribution in [2.75, 3.05) is 40.3 Å². The summed E-state index contributed by atoms with van der Waals surface area (Å²) in [5.74, 6) is 0. The molecule has 2 heterocycles. The number of hydrogen-bond acceptors (Lipinski definition) is 3. The number of aromatic nitrogens is 1. The first-order valence-corrected chi connectivity index (χ1v) is 6.78. The highest BCUT2D eigenvalue weighted by atomic mass is 15.3. The summed E-state index contributed by atoms with van der Waals surface area (Å²) in [6.45, 7) is 9.16. The van der Waals surface area contributed by atoms with E-state index in [9.17, 15) is 0 Å². The van der Waals surface area contributed by atoms with Gasteiger partial charge in [0.25, 0.3) is 0 Å². The minimum absolute atomic E-state index is 0.133. The van der Waals surface area contributed by atoms with Gasteiger partial charge < -0.3 is 15.2 Å². The number of nitrogens with one attached hydrogen (secondary N) is 2. The van der Waals surface area contributed by atoms with Crippen LogP contribution in [0.4, 0.5) is 0 Å². The molecule has 18 heavy (non-hydrogen) atoms. The number of rotatable bonds is 4. The molecule has 1 atom stereocenters. The Hall–Kier alpha value is -0.840. The monoisotopic (exact) mass is 250 g/mol. The molecular weight excluding hydrogens is 224 g/mol. The average Bonchev–Trinajstić information content (AvgIpc) is 2.83. The molecule has 102 valence electrons. The molecule has 1 unspecified atom stereocenters. The molecule has 0 saturated carbocycles. The van der Waals surface area contributed by atoms with Crippen LogP contribution in [0.3, 0.4) is 0 Å². The zero-order valence-electron chi connectivity index (χ0n) is 12.0. The lowest BCUT2D eigenvalue weighted by Gasteiger charge is -2.48. The standard InChI is InChI=1S/C14H26N4/c1-14(2,18-9-7-15-8-10-18)13(17(3)4)12-5-6-16-11-12/h5-6,11,13,15-16H,7-10H2,1-4H3. The Morgan fingerprint density at radius 2 is 1.94 bits per heavy atom. The maximum atomic E-state index is 3.43. The normalized spacial score (nSPS) is 20.3. The van der Waals surface area contributed by atoms with Gasteiger partial charge in [0.1, 0.15) is 0 Å². The molecule has 0 aromatic carbocycles. The second kappa shape index (κ2) is 5.43. The zero-order chi connectivity index (χ0) is 13.2. The summed E-state index contributed by atoms with van der Waals surface area (Å²) < 4.78 is 0. The summed E-state index contributed by atoms with van der Waals surface area (Å²) in [5, 5.41) is 3.43. The lowest BCUT2D eigenvalue weighted by atomic mass is 9.86. The Balaban J connectivity index is 2.23. The van der Waals surface area contributed by atoms with E-state index in [0.717, 1.165) is 26.2 Å². The SMILES string of the molecule is CN(C)C(c1cc[nH]c1)C(C)(C)N1CCNCC1. The number of hydrogen-bond donors (Lipinski definition) is 2. The van der Waals surface area contributed by atoms with Crippen molar-refractivity contribution in [3.05, 3.63) is 24.0 Å². The third kappa shape index (κ3) is 2.60. The van der Waals surface area contributed by atoms with E-state index in [1.54, 1.807) is 0 Å².